The highest BCUT2D eigenvalue weighted by atomic mass is 15.0. The second-order valence-corrected chi connectivity index (χ2v) is 8.89. The average molecular weight is 396 g/mol. The molecule has 0 aromatic carbocycles. The SMILES string of the molecule is CCCCCCCCCCCCC(CCCCCCCCCC)CNC(=N)N. The second kappa shape index (κ2) is 22.6. The van der Waals surface area contributed by atoms with Crippen molar-refractivity contribution in [1.82, 2.24) is 5.32 Å². The Labute approximate surface area is 177 Å². The highest BCUT2D eigenvalue weighted by Crippen LogP contribution is 2.19. The Morgan fingerprint density at radius 2 is 0.929 bits per heavy atom. The summed E-state index contributed by atoms with van der Waals surface area (Å²) in [6.07, 6.45) is 27.7. The Bertz CT molecular complexity index is 317. The number of hydrogen-bond acceptors (Lipinski definition) is 1. The fourth-order valence-electron chi connectivity index (χ4n) is 4.09. The van der Waals surface area contributed by atoms with Gasteiger partial charge in [-0.3, -0.25) is 5.41 Å². The molecule has 3 nitrogen and oxygen atoms in total. The molecule has 0 amide bonds. The minimum atomic E-state index is 0.129. The van der Waals surface area contributed by atoms with E-state index < -0.39 is 0 Å². The number of hydrogen-bond donors (Lipinski definition) is 3. The first-order chi connectivity index (χ1) is 13.7. The van der Waals surface area contributed by atoms with Gasteiger partial charge in [0.1, 0.15) is 0 Å². The molecule has 168 valence electrons. The first-order valence-corrected chi connectivity index (χ1v) is 12.8. The summed E-state index contributed by atoms with van der Waals surface area (Å²) in [7, 11) is 0. The molecule has 4 N–H and O–H groups in total. The van der Waals surface area contributed by atoms with E-state index in [2.05, 4.69) is 19.2 Å². The Hall–Kier alpha value is -0.730. The van der Waals surface area contributed by atoms with E-state index in [1.807, 2.05) is 0 Å². The maximum absolute atomic E-state index is 7.43. The van der Waals surface area contributed by atoms with E-state index in [4.69, 9.17) is 11.1 Å². The Balaban J connectivity index is 3.66. The average Bonchev–Trinajstić information content (AvgIpc) is 2.68. The van der Waals surface area contributed by atoms with Crippen molar-refractivity contribution in [2.45, 2.75) is 142 Å². The van der Waals surface area contributed by atoms with Crippen LogP contribution in [0.4, 0.5) is 0 Å². The maximum Gasteiger partial charge on any atom is 0.185 e. The van der Waals surface area contributed by atoms with Gasteiger partial charge in [-0.25, -0.2) is 0 Å². The molecule has 0 saturated carbocycles. The fraction of sp³-hybridized carbons (Fsp3) is 0.960. The maximum atomic E-state index is 7.43. The number of guanidine groups is 1. The highest BCUT2D eigenvalue weighted by molar-refractivity contribution is 5.74. The molecule has 0 radical (unpaired) electrons. The van der Waals surface area contributed by atoms with Gasteiger partial charge >= 0.3 is 0 Å². The number of unbranched alkanes of at least 4 members (excludes halogenated alkanes) is 16. The van der Waals surface area contributed by atoms with Gasteiger partial charge in [0.2, 0.25) is 0 Å². The lowest BCUT2D eigenvalue weighted by Gasteiger charge is -2.17. The van der Waals surface area contributed by atoms with Gasteiger partial charge < -0.3 is 11.1 Å². The van der Waals surface area contributed by atoms with E-state index in [-0.39, 0.29) is 5.96 Å². The summed E-state index contributed by atoms with van der Waals surface area (Å²) in [6.45, 7) is 5.46. The van der Waals surface area contributed by atoms with E-state index in [0.717, 1.165) is 6.54 Å². The van der Waals surface area contributed by atoms with E-state index in [9.17, 15) is 0 Å². The smallest absolute Gasteiger partial charge is 0.185 e. The topological polar surface area (TPSA) is 61.9 Å². The quantitative estimate of drug-likeness (QED) is 0.0989. The van der Waals surface area contributed by atoms with Crippen LogP contribution in [0.25, 0.3) is 0 Å². The molecular formula is C25H53N3. The van der Waals surface area contributed by atoms with E-state index in [1.165, 1.54) is 128 Å². The first kappa shape index (κ1) is 27.3. The van der Waals surface area contributed by atoms with Crippen molar-refractivity contribution in [2.75, 3.05) is 6.54 Å². The molecule has 0 aliphatic carbocycles. The van der Waals surface area contributed by atoms with Gasteiger partial charge in [-0.2, -0.15) is 0 Å². The van der Waals surface area contributed by atoms with Crippen LogP contribution in [0.1, 0.15) is 142 Å². The molecule has 0 aliphatic rings. The van der Waals surface area contributed by atoms with Gasteiger partial charge in [0.05, 0.1) is 0 Å². The van der Waals surface area contributed by atoms with Crippen molar-refractivity contribution in [3.63, 3.8) is 0 Å². The molecule has 3 heteroatoms. The third-order valence-electron chi connectivity index (χ3n) is 6.01. The lowest BCUT2D eigenvalue weighted by Crippen LogP contribution is -2.34. The predicted molar refractivity (Wildman–Crippen MR) is 127 cm³/mol. The molecule has 0 saturated heterocycles. The number of rotatable bonds is 22. The lowest BCUT2D eigenvalue weighted by atomic mass is 9.94. The van der Waals surface area contributed by atoms with Crippen molar-refractivity contribution in [3.05, 3.63) is 0 Å². The summed E-state index contributed by atoms with van der Waals surface area (Å²) in [6, 6.07) is 0. The zero-order chi connectivity index (χ0) is 20.7. The summed E-state index contributed by atoms with van der Waals surface area (Å²) in [4.78, 5) is 0. The van der Waals surface area contributed by atoms with E-state index >= 15 is 0 Å². The first-order valence-electron chi connectivity index (χ1n) is 12.8. The Morgan fingerprint density at radius 1 is 0.607 bits per heavy atom. The van der Waals surface area contributed by atoms with Gasteiger partial charge in [0.25, 0.3) is 0 Å². The summed E-state index contributed by atoms with van der Waals surface area (Å²) >= 11 is 0. The molecule has 0 rings (SSSR count). The molecule has 28 heavy (non-hydrogen) atoms. The molecule has 0 fully saturated rings. The summed E-state index contributed by atoms with van der Waals surface area (Å²) in [5.41, 5.74) is 5.50. The molecule has 1 atom stereocenters. The monoisotopic (exact) mass is 395 g/mol. The molecule has 0 aliphatic heterocycles. The van der Waals surface area contributed by atoms with Crippen molar-refractivity contribution in [3.8, 4) is 0 Å². The molecule has 0 spiro atoms. The zero-order valence-corrected chi connectivity index (χ0v) is 19.5. The van der Waals surface area contributed by atoms with Gasteiger partial charge in [-0.15, -0.1) is 0 Å². The van der Waals surface area contributed by atoms with Gasteiger partial charge in [0, 0.05) is 6.54 Å². The fourth-order valence-corrected chi connectivity index (χ4v) is 4.09. The van der Waals surface area contributed by atoms with Gasteiger partial charge in [-0.1, -0.05) is 129 Å². The van der Waals surface area contributed by atoms with Gasteiger partial charge in [0.15, 0.2) is 5.96 Å². The van der Waals surface area contributed by atoms with Crippen LogP contribution in [-0.2, 0) is 0 Å². The minimum Gasteiger partial charge on any atom is -0.370 e. The molecule has 0 aromatic rings. The normalized spacial score (nSPS) is 12.2. The largest absolute Gasteiger partial charge is 0.370 e. The number of nitrogens with two attached hydrogens (primary N) is 1. The minimum absolute atomic E-state index is 0.129. The van der Waals surface area contributed by atoms with Crippen molar-refractivity contribution >= 4 is 5.96 Å². The lowest BCUT2D eigenvalue weighted by molar-refractivity contribution is 0.398. The van der Waals surface area contributed by atoms with Crippen molar-refractivity contribution in [2.24, 2.45) is 11.7 Å². The molecular weight excluding hydrogens is 342 g/mol. The molecule has 0 bridgehead atoms. The van der Waals surface area contributed by atoms with Crippen LogP contribution in [0, 0.1) is 11.3 Å². The third-order valence-corrected chi connectivity index (χ3v) is 6.01. The summed E-state index contributed by atoms with van der Waals surface area (Å²) in [5, 5.41) is 10.5. The second-order valence-electron chi connectivity index (χ2n) is 8.89. The third kappa shape index (κ3) is 21.6. The van der Waals surface area contributed by atoms with E-state index in [1.54, 1.807) is 0 Å². The molecule has 0 aromatic heterocycles. The van der Waals surface area contributed by atoms with Crippen molar-refractivity contribution < 1.29 is 0 Å². The van der Waals surface area contributed by atoms with Crippen LogP contribution in [0.5, 0.6) is 0 Å². The standard InChI is InChI=1S/C25H53N3/c1-3-5-7-9-11-13-14-16-18-20-22-24(23-28-25(26)27)21-19-17-15-12-10-8-6-4-2/h24H,3-23H2,1-2H3,(H4,26,27,28). The van der Waals surface area contributed by atoms with Crippen LogP contribution in [0.2, 0.25) is 0 Å². The van der Waals surface area contributed by atoms with Crippen LogP contribution >= 0.6 is 0 Å². The van der Waals surface area contributed by atoms with E-state index in [0.29, 0.717) is 5.92 Å². The number of nitrogens with one attached hydrogen (secondary N) is 2. The van der Waals surface area contributed by atoms with Crippen LogP contribution in [-0.4, -0.2) is 12.5 Å². The van der Waals surface area contributed by atoms with Crippen LogP contribution in [0.15, 0.2) is 0 Å². The Kier molecular flexibility index (Phi) is 22.0. The zero-order valence-electron chi connectivity index (χ0n) is 19.5. The summed E-state index contributed by atoms with van der Waals surface area (Å²) in [5.74, 6) is 0.821. The molecule has 1 unspecified atom stereocenters. The van der Waals surface area contributed by atoms with Crippen molar-refractivity contribution in [1.29, 1.82) is 5.41 Å². The van der Waals surface area contributed by atoms with Crippen LogP contribution < -0.4 is 11.1 Å². The Morgan fingerprint density at radius 3 is 1.25 bits per heavy atom. The predicted octanol–water partition coefficient (Wildman–Crippen LogP) is 7.93. The summed E-state index contributed by atoms with van der Waals surface area (Å²) < 4.78 is 0. The molecule has 0 heterocycles. The van der Waals surface area contributed by atoms with Gasteiger partial charge in [-0.05, 0) is 18.8 Å². The van der Waals surface area contributed by atoms with Crippen LogP contribution in [0.3, 0.4) is 0 Å². The highest BCUT2D eigenvalue weighted by Gasteiger charge is 2.09.